The van der Waals surface area contributed by atoms with Gasteiger partial charge in [0.2, 0.25) is 11.8 Å². The summed E-state index contributed by atoms with van der Waals surface area (Å²) < 4.78 is 5.14. The molecule has 1 unspecified atom stereocenters. The van der Waals surface area contributed by atoms with E-state index in [0.717, 1.165) is 32.1 Å². The topological polar surface area (TPSA) is 49.9 Å². The Bertz CT molecular complexity index is 617. The lowest BCUT2D eigenvalue weighted by molar-refractivity contribution is -0.142. The molecule has 0 saturated carbocycles. The summed E-state index contributed by atoms with van der Waals surface area (Å²) in [5.74, 6) is 0.0802. The van der Waals surface area contributed by atoms with E-state index in [1.807, 2.05) is 17.0 Å². The number of benzene rings is 1. The maximum atomic E-state index is 13.0. The Kier molecular flexibility index (Phi) is 8.79. The summed E-state index contributed by atoms with van der Waals surface area (Å²) in [5, 5.41) is 0. The fraction of sp³-hybridized carbons (Fsp3) is 0.636. The Balaban J connectivity index is 1.97. The van der Waals surface area contributed by atoms with E-state index >= 15 is 0 Å². The van der Waals surface area contributed by atoms with Crippen LogP contribution < -0.4 is 0 Å². The predicted molar refractivity (Wildman–Crippen MR) is 107 cm³/mol. The van der Waals surface area contributed by atoms with Crippen molar-refractivity contribution in [2.75, 3.05) is 33.4 Å². The fourth-order valence-corrected chi connectivity index (χ4v) is 3.72. The van der Waals surface area contributed by atoms with Crippen molar-refractivity contribution >= 4 is 11.8 Å². The number of rotatable bonds is 10. The van der Waals surface area contributed by atoms with Gasteiger partial charge in [0, 0.05) is 26.6 Å². The largest absolute Gasteiger partial charge is 0.383 e. The molecule has 2 amide bonds. The first-order chi connectivity index (χ1) is 13.1. The van der Waals surface area contributed by atoms with Crippen molar-refractivity contribution in [3.63, 3.8) is 0 Å². The smallest absolute Gasteiger partial charge is 0.242 e. The second-order valence-electron chi connectivity index (χ2n) is 7.33. The Morgan fingerprint density at radius 2 is 2.00 bits per heavy atom. The van der Waals surface area contributed by atoms with Gasteiger partial charge < -0.3 is 14.5 Å². The van der Waals surface area contributed by atoms with E-state index in [1.165, 1.54) is 11.1 Å². The maximum Gasteiger partial charge on any atom is 0.242 e. The van der Waals surface area contributed by atoms with Gasteiger partial charge in [0.15, 0.2) is 0 Å². The van der Waals surface area contributed by atoms with E-state index in [4.69, 9.17) is 4.74 Å². The molecule has 5 nitrogen and oxygen atoms in total. The zero-order valence-corrected chi connectivity index (χ0v) is 17.1. The van der Waals surface area contributed by atoms with Crippen LogP contribution in [0.1, 0.15) is 63.1 Å². The first-order valence-corrected chi connectivity index (χ1v) is 10.2. The Hall–Kier alpha value is -1.88. The first kappa shape index (κ1) is 21.4. The average Bonchev–Trinajstić information content (AvgIpc) is 2.68. The van der Waals surface area contributed by atoms with Gasteiger partial charge in [-0.05, 0) is 30.9 Å². The third-order valence-electron chi connectivity index (χ3n) is 5.40. The number of carbonyl (C=O) groups is 2. The number of ether oxygens (including phenoxy) is 1. The summed E-state index contributed by atoms with van der Waals surface area (Å²) in [6.07, 6.45) is 5.63. The van der Waals surface area contributed by atoms with Crippen molar-refractivity contribution < 1.29 is 14.3 Å². The normalized spacial score (nSPS) is 16.1. The molecule has 5 heteroatoms. The second-order valence-corrected chi connectivity index (χ2v) is 7.33. The number of hydrogen-bond donors (Lipinski definition) is 0. The first-order valence-electron chi connectivity index (χ1n) is 10.2. The van der Waals surface area contributed by atoms with E-state index in [0.29, 0.717) is 26.1 Å². The van der Waals surface area contributed by atoms with Crippen molar-refractivity contribution in [3.8, 4) is 0 Å². The van der Waals surface area contributed by atoms with Crippen LogP contribution >= 0.6 is 0 Å². The number of hydrogen-bond acceptors (Lipinski definition) is 3. The number of carbonyl (C=O) groups excluding carboxylic acids is 2. The van der Waals surface area contributed by atoms with Crippen LogP contribution in [0.15, 0.2) is 24.3 Å². The monoisotopic (exact) mass is 374 g/mol. The predicted octanol–water partition coefficient (Wildman–Crippen LogP) is 3.58. The minimum Gasteiger partial charge on any atom is -0.383 e. The maximum absolute atomic E-state index is 13.0. The summed E-state index contributed by atoms with van der Waals surface area (Å²) in [6, 6.07) is 8.35. The zero-order valence-electron chi connectivity index (χ0n) is 17.1. The number of unbranched alkanes of at least 4 members (excludes halogenated alkanes) is 3. The molecule has 27 heavy (non-hydrogen) atoms. The molecule has 1 aliphatic rings. The molecule has 1 atom stereocenters. The quantitative estimate of drug-likeness (QED) is 0.588. The third-order valence-corrected chi connectivity index (χ3v) is 5.40. The van der Waals surface area contributed by atoms with Gasteiger partial charge in [-0.3, -0.25) is 9.59 Å². The molecule has 0 aliphatic carbocycles. The molecule has 150 valence electrons. The van der Waals surface area contributed by atoms with Gasteiger partial charge in [-0.15, -0.1) is 0 Å². The molecule has 0 saturated heterocycles. The number of methoxy groups -OCH3 is 1. The van der Waals surface area contributed by atoms with E-state index in [2.05, 4.69) is 26.0 Å². The Morgan fingerprint density at radius 1 is 1.22 bits per heavy atom. The molecule has 0 radical (unpaired) electrons. The number of amides is 2. The highest BCUT2D eigenvalue weighted by Gasteiger charge is 2.29. The zero-order chi connectivity index (χ0) is 19.6. The van der Waals surface area contributed by atoms with E-state index in [-0.39, 0.29) is 24.4 Å². The van der Waals surface area contributed by atoms with Crippen molar-refractivity contribution in [1.29, 1.82) is 0 Å². The number of fused-ring (bicyclic) bond motifs is 1. The van der Waals surface area contributed by atoms with Crippen molar-refractivity contribution in [1.82, 2.24) is 9.80 Å². The second kappa shape index (κ2) is 11.1. The van der Waals surface area contributed by atoms with Crippen LogP contribution in [0.25, 0.3) is 0 Å². The molecule has 0 aromatic heterocycles. The molecular formula is C22H34N2O3. The van der Waals surface area contributed by atoms with Crippen LogP contribution in [-0.2, 0) is 20.7 Å². The summed E-state index contributed by atoms with van der Waals surface area (Å²) in [4.78, 5) is 29.2. The van der Waals surface area contributed by atoms with Crippen LogP contribution in [-0.4, -0.2) is 55.0 Å². The van der Waals surface area contributed by atoms with Gasteiger partial charge in [-0.1, -0.05) is 50.5 Å². The molecule has 1 heterocycles. The van der Waals surface area contributed by atoms with Crippen LogP contribution in [0.2, 0.25) is 0 Å². The summed E-state index contributed by atoms with van der Waals surface area (Å²) >= 11 is 0. The number of nitrogens with zero attached hydrogens (tertiary/aromatic N) is 2. The van der Waals surface area contributed by atoms with Crippen molar-refractivity contribution in [3.05, 3.63) is 35.4 Å². The van der Waals surface area contributed by atoms with E-state index in [9.17, 15) is 9.59 Å². The summed E-state index contributed by atoms with van der Waals surface area (Å²) in [7, 11) is 1.62. The van der Waals surface area contributed by atoms with Gasteiger partial charge in [-0.25, -0.2) is 0 Å². The van der Waals surface area contributed by atoms with Crippen LogP contribution in [0, 0.1) is 0 Å². The van der Waals surface area contributed by atoms with E-state index < -0.39 is 0 Å². The van der Waals surface area contributed by atoms with Crippen LogP contribution in [0.5, 0.6) is 0 Å². The van der Waals surface area contributed by atoms with Gasteiger partial charge in [0.25, 0.3) is 0 Å². The lowest BCUT2D eigenvalue weighted by Gasteiger charge is -2.36. The van der Waals surface area contributed by atoms with Gasteiger partial charge >= 0.3 is 0 Å². The van der Waals surface area contributed by atoms with Crippen molar-refractivity contribution in [2.45, 2.75) is 58.4 Å². The van der Waals surface area contributed by atoms with Crippen LogP contribution in [0.4, 0.5) is 0 Å². The minimum absolute atomic E-state index is 0.0232. The molecule has 0 N–H and O–H groups in total. The Morgan fingerprint density at radius 3 is 2.74 bits per heavy atom. The molecule has 0 fully saturated rings. The minimum atomic E-state index is 0.0232. The average molecular weight is 375 g/mol. The molecule has 2 rings (SSSR count). The lowest BCUT2D eigenvalue weighted by Crippen LogP contribution is -2.46. The highest BCUT2D eigenvalue weighted by atomic mass is 16.5. The van der Waals surface area contributed by atoms with Gasteiger partial charge in [0.1, 0.15) is 0 Å². The highest BCUT2D eigenvalue weighted by molar-refractivity contribution is 5.85. The highest BCUT2D eigenvalue weighted by Crippen LogP contribution is 2.29. The van der Waals surface area contributed by atoms with Crippen molar-refractivity contribution in [2.24, 2.45) is 0 Å². The Labute approximate surface area is 163 Å². The molecule has 0 spiro atoms. The molecule has 1 aromatic rings. The van der Waals surface area contributed by atoms with Gasteiger partial charge in [0.05, 0.1) is 19.2 Å². The summed E-state index contributed by atoms with van der Waals surface area (Å²) in [6.45, 7) is 5.99. The lowest BCUT2D eigenvalue weighted by atomic mass is 9.93. The van der Waals surface area contributed by atoms with E-state index in [1.54, 1.807) is 12.0 Å². The molecule has 0 bridgehead atoms. The molecule has 1 aliphatic heterocycles. The van der Waals surface area contributed by atoms with Gasteiger partial charge in [-0.2, -0.15) is 0 Å². The summed E-state index contributed by atoms with van der Waals surface area (Å²) in [5.41, 5.74) is 2.53. The standard InChI is InChI=1S/C22H34N2O3/c1-4-5-6-7-12-21(25)23(15-16-27-3)17-22(26)24-14-13-19-10-8-9-11-20(19)18(24)2/h8-11,18H,4-7,12-17H2,1-3H3. The molecular weight excluding hydrogens is 340 g/mol. The third kappa shape index (κ3) is 6.06. The van der Waals surface area contributed by atoms with Crippen LogP contribution in [0.3, 0.4) is 0 Å². The fourth-order valence-electron chi connectivity index (χ4n) is 3.72. The molecule has 1 aromatic carbocycles. The SMILES string of the molecule is CCCCCCC(=O)N(CCOC)CC(=O)N1CCc2ccccc2C1C.